The Morgan fingerprint density at radius 2 is 1.88 bits per heavy atom. The van der Waals surface area contributed by atoms with E-state index in [1.54, 1.807) is 17.8 Å². The molecule has 0 radical (unpaired) electrons. The van der Waals surface area contributed by atoms with Crippen LogP contribution in [0.4, 0.5) is 4.39 Å². The molecule has 0 bridgehead atoms. The molecule has 0 aliphatic carbocycles. The average Bonchev–Trinajstić information content (AvgIpc) is 2.66. The first-order chi connectivity index (χ1) is 7.50. The number of hydrogen-bond donors (Lipinski definition) is 0. The predicted octanol–water partition coefficient (Wildman–Crippen LogP) is 0.689. The van der Waals surface area contributed by atoms with Crippen molar-refractivity contribution in [2.24, 2.45) is 7.05 Å². The van der Waals surface area contributed by atoms with Crippen LogP contribution in [-0.4, -0.2) is 12.4 Å². The largest absolute Gasteiger partial charge is 0.335 e. The maximum absolute atomic E-state index is 12.7. The lowest BCUT2D eigenvalue weighted by molar-refractivity contribution is -0.670. The molecule has 0 atom stereocenters. The summed E-state index contributed by atoms with van der Waals surface area (Å²) in [4.78, 5) is 0.0603. The van der Waals surface area contributed by atoms with Gasteiger partial charge in [-0.3, -0.25) is 0 Å². The first-order valence-corrected chi connectivity index (χ1v) is 5.98. The van der Waals surface area contributed by atoms with Crippen molar-refractivity contribution in [3.8, 4) is 0 Å². The summed E-state index contributed by atoms with van der Waals surface area (Å²) in [6.07, 6.45) is 4.47. The Morgan fingerprint density at radius 1 is 1.25 bits per heavy atom. The van der Waals surface area contributed by atoms with E-state index in [1.165, 1.54) is 24.7 Å². The molecule has 1 aromatic heterocycles. The molecule has 0 saturated carbocycles. The van der Waals surface area contributed by atoms with E-state index in [0.717, 1.165) is 16.1 Å². The molecule has 0 unspecified atom stereocenters. The zero-order chi connectivity index (χ0) is 11.8. The summed E-state index contributed by atoms with van der Waals surface area (Å²) in [5, 5.41) is 0. The number of rotatable bonds is 2. The molecule has 1 heterocycles. The summed E-state index contributed by atoms with van der Waals surface area (Å²) < 4.78 is 39.3. The third-order valence-electron chi connectivity index (χ3n) is 2.13. The van der Waals surface area contributed by atoms with E-state index in [9.17, 15) is 12.8 Å². The van der Waals surface area contributed by atoms with E-state index >= 15 is 0 Å². The first-order valence-electron chi connectivity index (χ1n) is 4.54. The summed E-state index contributed by atoms with van der Waals surface area (Å²) in [7, 11) is -1.89. The lowest BCUT2D eigenvalue weighted by Gasteiger charge is -1.99. The number of aromatic nitrogens is 2. The lowest BCUT2D eigenvalue weighted by atomic mass is 10.4. The third kappa shape index (κ3) is 1.83. The highest BCUT2D eigenvalue weighted by Crippen LogP contribution is 2.13. The van der Waals surface area contributed by atoms with Gasteiger partial charge in [-0.1, -0.05) is 0 Å². The van der Waals surface area contributed by atoms with Crippen LogP contribution in [0.15, 0.2) is 47.9 Å². The van der Waals surface area contributed by atoms with Crippen LogP contribution in [-0.2, 0) is 17.1 Å². The van der Waals surface area contributed by atoms with Gasteiger partial charge >= 0.3 is 10.0 Å². The van der Waals surface area contributed by atoms with E-state index in [0.29, 0.717) is 0 Å². The van der Waals surface area contributed by atoms with E-state index in [1.807, 2.05) is 0 Å². The fourth-order valence-electron chi connectivity index (χ4n) is 1.30. The van der Waals surface area contributed by atoms with Crippen molar-refractivity contribution in [2.75, 3.05) is 0 Å². The zero-order valence-corrected chi connectivity index (χ0v) is 9.36. The quantitative estimate of drug-likeness (QED) is 0.726. The molecular formula is C10H10FN2O2S+. The van der Waals surface area contributed by atoms with Crippen LogP contribution in [0.1, 0.15) is 0 Å². The smallest absolute Gasteiger partial charge is 0.239 e. The summed E-state index contributed by atoms with van der Waals surface area (Å²) in [6, 6.07) is 4.72. The number of hydrogen-bond acceptors (Lipinski definition) is 2. The Hall–Kier alpha value is -1.69. The normalized spacial score (nSPS) is 11.6. The molecule has 2 aromatic rings. The van der Waals surface area contributed by atoms with Crippen LogP contribution in [0, 0.1) is 5.82 Å². The second-order valence-electron chi connectivity index (χ2n) is 3.37. The van der Waals surface area contributed by atoms with E-state index < -0.39 is 15.8 Å². The molecule has 0 aliphatic rings. The molecular weight excluding hydrogens is 231 g/mol. The maximum Gasteiger partial charge on any atom is 0.335 e. The van der Waals surface area contributed by atoms with Gasteiger partial charge in [0.05, 0.1) is 7.05 Å². The number of halogens is 1. The fourth-order valence-corrected chi connectivity index (χ4v) is 2.51. The molecule has 2 rings (SSSR count). The Labute approximate surface area is 92.6 Å². The second kappa shape index (κ2) is 3.71. The molecule has 0 spiro atoms. The highest BCUT2D eigenvalue weighted by atomic mass is 32.2. The monoisotopic (exact) mass is 241 g/mol. The summed E-state index contributed by atoms with van der Waals surface area (Å²) in [5.74, 6) is -0.461. The van der Waals surface area contributed by atoms with Gasteiger partial charge in [-0.05, 0) is 24.3 Å². The molecule has 0 fully saturated rings. The van der Waals surface area contributed by atoms with E-state index in [-0.39, 0.29) is 4.90 Å². The lowest BCUT2D eigenvalue weighted by Crippen LogP contribution is -2.25. The van der Waals surface area contributed by atoms with E-state index in [2.05, 4.69) is 0 Å². The van der Waals surface area contributed by atoms with Crippen molar-refractivity contribution in [3.63, 3.8) is 0 Å². The van der Waals surface area contributed by atoms with Gasteiger partial charge in [0.15, 0.2) is 0 Å². The SMILES string of the molecule is C[n+]1ccn(S(=O)(=O)c2ccc(F)cc2)c1. The number of benzene rings is 1. The van der Waals surface area contributed by atoms with Crippen molar-refractivity contribution in [3.05, 3.63) is 48.8 Å². The molecule has 6 heteroatoms. The minimum absolute atomic E-state index is 0.0603. The van der Waals surface area contributed by atoms with Gasteiger partial charge in [-0.25, -0.2) is 8.96 Å². The van der Waals surface area contributed by atoms with Crippen LogP contribution in [0.5, 0.6) is 0 Å². The van der Waals surface area contributed by atoms with Crippen LogP contribution >= 0.6 is 0 Å². The molecule has 4 nitrogen and oxygen atoms in total. The maximum atomic E-state index is 12.7. The minimum atomic E-state index is -3.61. The second-order valence-corrected chi connectivity index (χ2v) is 5.21. The Kier molecular flexibility index (Phi) is 2.51. The summed E-state index contributed by atoms with van der Waals surface area (Å²) in [5.41, 5.74) is 0. The zero-order valence-electron chi connectivity index (χ0n) is 8.54. The van der Waals surface area contributed by atoms with Gasteiger partial charge in [0.1, 0.15) is 23.1 Å². The Balaban J connectivity index is 2.51. The molecule has 1 aromatic carbocycles. The summed E-state index contributed by atoms with van der Waals surface area (Å²) >= 11 is 0. The van der Waals surface area contributed by atoms with Crippen LogP contribution in [0.2, 0.25) is 0 Å². The van der Waals surface area contributed by atoms with Gasteiger partial charge in [0.25, 0.3) is 6.33 Å². The fraction of sp³-hybridized carbons (Fsp3) is 0.100. The van der Waals surface area contributed by atoms with Crippen LogP contribution < -0.4 is 4.57 Å². The molecule has 16 heavy (non-hydrogen) atoms. The highest BCUT2D eigenvalue weighted by Gasteiger charge is 2.21. The number of aryl methyl sites for hydroxylation is 1. The van der Waals surface area contributed by atoms with Gasteiger partial charge in [0, 0.05) is 0 Å². The average molecular weight is 241 g/mol. The van der Waals surface area contributed by atoms with Crippen molar-refractivity contribution in [1.82, 2.24) is 3.97 Å². The Bertz CT molecular complexity index is 602. The van der Waals surface area contributed by atoms with Crippen molar-refractivity contribution in [1.29, 1.82) is 0 Å². The molecule has 0 saturated heterocycles. The molecule has 0 amide bonds. The molecule has 0 aliphatic heterocycles. The number of imidazole rings is 1. The molecule has 84 valence electrons. The van der Waals surface area contributed by atoms with Crippen LogP contribution in [0.25, 0.3) is 0 Å². The standard InChI is InChI=1S/C10H10FN2O2S/c1-12-6-7-13(8-12)16(14,15)10-4-2-9(11)3-5-10/h2-8H,1H3/q+1. The van der Waals surface area contributed by atoms with E-state index in [4.69, 9.17) is 0 Å². The van der Waals surface area contributed by atoms with Gasteiger partial charge in [-0.2, -0.15) is 8.42 Å². The van der Waals surface area contributed by atoms with Gasteiger partial charge in [0.2, 0.25) is 0 Å². The topological polar surface area (TPSA) is 43.0 Å². The Morgan fingerprint density at radius 3 is 2.38 bits per heavy atom. The van der Waals surface area contributed by atoms with Crippen molar-refractivity contribution in [2.45, 2.75) is 4.90 Å². The first kappa shape index (κ1) is 10.8. The third-order valence-corrected chi connectivity index (χ3v) is 3.77. The molecule has 0 N–H and O–H groups in total. The van der Waals surface area contributed by atoms with Crippen LogP contribution in [0.3, 0.4) is 0 Å². The van der Waals surface area contributed by atoms with Crippen molar-refractivity contribution < 1.29 is 17.4 Å². The van der Waals surface area contributed by atoms with Crippen molar-refractivity contribution >= 4 is 10.0 Å². The van der Waals surface area contributed by atoms with Gasteiger partial charge in [-0.15, -0.1) is 3.97 Å². The van der Waals surface area contributed by atoms with Gasteiger partial charge < -0.3 is 0 Å². The highest BCUT2D eigenvalue weighted by molar-refractivity contribution is 7.90. The number of nitrogens with zero attached hydrogens (tertiary/aromatic N) is 2. The minimum Gasteiger partial charge on any atom is -0.239 e. The summed E-state index contributed by atoms with van der Waals surface area (Å²) in [6.45, 7) is 0. The predicted molar refractivity (Wildman–Crippen MR) is 54.6 cm³/mol.